The lowest BCUT2D eigenvalue weighted by atomic mass is 9.95. The van der Waals surface area contributed by atoms with E-state index in [2.05, 4.69) is 5.32 Å². The molecule has 1 fully saturated rings. The molecule has 27 heavy (non-hydrogen) atoms. The number of likely N-dealkylation sites (tertiary alicyclic amines) is 1. The van der Waals surface area contributed by atoms with E-state index in [1.807, 2.05) is 32.0 Å². The first-order valence-electron chi connectivity index (χ1n) is 9.32. The SMILES string of the molecule is Cc1ccc(C)c(NC(=O)C2CCN(C(=O)Cc3ccc(F)cc3)CC2)c1. The first-order chi connectivity index (χ1) is 12.9. The predicted molar refractivity (Wildman–Crippen MR) is 104 cm³/mol. The molecule has 1 saturated heterocycles. The second-order valence-electron chi connectivity index (χ2n) is 7.27. The minimum Gasteiger partial charge on any atom is -0.342 e. The fourth-order valence-corrected chi connectivity index (χ4v) is 3.39. The highest BCUT2D eigenvalue weighted by Crippen LogP contribution is 2.22. The number of carbonyl (C=O) groups is 2. The third kappa shape index (κ3) is 4.94. The molecule has 0 atom stereocenters. The summed E-state index contributed by atoms with van der Waals surface area (Å²) in [4.78, 5) is 26.8. The van der Waals surface area contributed by atoms with Crippen LogP contribution in [-0.2, 0) is 16.0 Å². The number of rotatable bonds is 4. The van der Waals surface area contributed by atoms with Gasteiger partial charge in [0.15, 0.2) is 0 Å². The smallest absolute Gasteiger partial charge is 0.227 e. The normalized spacial score (nSPS) is 14.9. The summed E-state index contributed by atoms with van der Waals surface area (Å²) in [5.74, 6) is -0.342. The summed E-state index contributed by atoms with van der Waals surface area (Å²) in [7, 11) is 0. The van der Waals surface area contributed by atoms with Gasteiger partial charge in [-0.25, -0.2) is 4.39 Å². The van der Waals surface area contributed by atoms with E-state index in [0.29, 0.717) is 25.9 Å². The summed E-state index contributed by atoms with van der Waals surface area (Å²) in [6, 6.07) is 12.0. The van der Waals surface area contributed by atoms with Gasteiger partial charge in [-0.3, -0.25) is 9.59 Å². The molecule has 1 aliphatic rings. The summed E-state index contributed by atoms with van der Waals surface area (Å²) in [6.07, 6.45) is 1.58. The van der Waals surface area contributed by atoms with Gasteiger partial charge in [0.05, 0.1) is 6.42 Å². The van der Waals surface area contributed by atoms with Crippen LogP contribution in [0.2, 0.25) is 0 Å². The number of hydrogen-bond donors (Lipinski definition) is 1. The van der Waals surface area contributed by atoms with E-state index < -0.39 is 0 Å². The second kappa shape index (κ2) is 8.33. The van der Waals surface area contributed by atoms with E-state index in [1.54, 1.807) is 17.0 Å². The van der Waals surface area contributed by atoms with Crippen molar-refractivity contribution in [2.24, 2.45) is 5.92 Å². The van der Waals surface area contributed by atoms with Gasteiger partial charge in [0.1, 0.15) is 5.82 Å². The zero-order valence-electron chi connectivity index (χ0n) is 15.8. The molecule has 0 unspecified atom stereocenters. The van der Waals surface area contributed by atoms with Gasteiger partial charge in [-0.2, -0.15) is 0 Å². The van der Waals surface area contributed by atoms with Gasteiger partial charge in [0, 0.05) is 24.7 Å². The van der Waals surface area contributed by atoms with Gasteiger partial charge in [0.2, 0.25) is 11.8 Å². The molecule has 142 valence electrons. The first kappa shape index (κ1) is 19.1. The van der Waals surface area contributed by atoms with Gasteiger partial charge in [-0.15, -0.1) is 0 Å². The van der Waals surface area contributed by atoms with Crippen LogP contribution in [0.3, 0.4) is 0 Å². The van der Waals surface area contributed by atoms with Gasteiger partial charge < -0.3 is 10.2 Å². The minimum atomic E-state index is -0.304. The molecule has 0 radical (unpaired) electrons. The molecule has 0 aliphatic carbocycles. The molecule has 1 aliphatic heterocycles. The van der Waals surface area contributed by atoms with Crippen LogP contribution < -0.4 is 5.32 Å². The van der Waals surface area contributed by atoms with Crippen LogP contribution in [-0.4, -0.2) is 29.8 Å². The average molecular weight is 368 g/mol. The van der Waals surface area contributed by atoms with Crippen molar-refractivity contribution in [3.05, 3.63) is 65.0 Å². The largest absolute Gasteiger partial charge is 0.342 e. The van der Waals surface area contributed by atoms with Crippen LogP contribution in [0.15, 0.2) is 42.5 Å². The fourth-order valence-electron chi connectivity index (χ4n) is 3.39. The van der Waals surface area contributed by atoms with Crippen molar-refractivity contribution in [3.63, 3.8) is 0 Å². The van der Waals surface area contributed by atoms with E-state index in [-0.39, 0.29) is 30.0 Å². The number of piperidine rings is 1. The van der Waals surface area contributed by atoms with Crippen molar-refractivity contribution in [1.82, 2.24) is 4.90 Å². The van der Waals surface area contributed by atoms with Crippen molar-refractivity contribution < 1.29 is 14.0 Å². The number of halogens is 1. The second-order valence-corrected chi connectivity index (χ2v) is 7.27. The maximum absolute atomic E-state index is 13.0. The molecule has 5 heteroatoms. The van der Waals surface area contributed by atoms with Crippen LogP contribution in [0.4, 0.5) is 10.1 Å². The Hall–Kier alpha value is -2.69. The molecule has 0 bridgehead atoms. The van der Waals surface area contributed by atoms with E-state index in [1.165, 1.54) is 12.1 Å². The van der Waals surface area contributed by atoms with Crippen molar-refractivity contribution in [3.8, 4) is 0 Å². The Morgan fingerprint density at radius 1 is 1.07 bits per heavy atom. The summed E-state index contributed by atoms with van der Waals surface area (Å²) >= 11 is 0. The Balaban J connectivity index is 1.52. The number of aryl methyl sites for hydroxylation is 2. The van der Waals surface area contributed by atoms with Crippen LogP contribution in [0.1, 0.15) is 29.5 Å². The van der Waals surface area contributed by atoms with E-state index in [4.69, 9.17) is 0 Å². The fraction of sp³-hybridized carbons (Fsp3) is 0.364. The lowest BCUT2D eigenvalue weighted by Crippen LogP contribution is -2.42. The zero-order valence-corrected chi connectivity index (χ0v) is 15.8. The van der Waals surface area contributed by atoms with Gasteiger partial charge in [0.25, 0.3) is 0 Å². The monoisotopic (exact) mass is 368 g/mol. The Labute approximate surface area is 159 Å². The average Bonchev–Trinajstić information content (AvgIpc) is 2.66. The molecule has 0 aromatic heterocycles. The van der Waals surface area contributed by atoms with Crippen molar-refractivity contribution in [2.45, 2.75) is 33.1 Å². The van der Waals surface area contributed by atoms with Crippen molar-refractivity contribution >= 4 is 17.5 Å². The lowest BCUT2D eigenvalue weighted by molar-refractivity contribution is -0.133. The topological polar surface area (TPSA) is 49.4 Å². The van der Waals surface area contributed by atoms with Crippen molar-refractivity contribution in [1.29, 1.82) is 0 Å². The standard InChI is InChI=1S/C22H25FN2O2/c1-15-3-4-16(2)20(13-15)24-22(27)18-9-11-25(12-10-18)21(26)14-17-5-7-19(23)8-6-17/h3-8,13,18H,9-12,14H2,1-2H3,(H,24,27). The summed E-state index contributed by atoms with van der Waals surface area (Å²) in [5, 5.41) is 3.03. The van der Waals surface area contributed by atoms with E-state index in [9.17, 15) is 14.0 Å². The molecule has 3 rings (SSSR count). The van der Waals surface area contributed by atoms with E-state index in [0.717, 1.165) is 22.4 Å². The lowest BCUT2D eigenvalue weighted by Gasteiger charge is -2.31. The molecule has 1 heterocycles. The third-order valence-corrected chi connectivity index (χ3v) is 5.14. The minimum absolute atomic E-state index is 0.0225. The van der Waals surface area contributed by atoms with Crippen LogP contribution in [0.25, 0.3) is 0 Å². The summed E-state index contributed by atoms with van der Waals surface area (Å²) in [5.41, 5.74) is 3.81. The molecular weight excluding hydrogens is 343 g/mol. The molecule has 2 amide bonds. The zero-order chi connectivity index (χ0) is 19.4. The highest BCUT2D eigenvalue weighted by Gasteiger charge is 2.27. The maximum Gasteiger partial charge on any atom is 0.227 e. The van der Waals surface area contributed by atoms with Crippen molar-refractivity contribution in [2.75, 3.05) is 18.4 Å². The molecule has 2 aromatic carbocycles. The number of carbonyl (C=O) groups excluding carboxylic acids is 2. The number of nitrogens with one attached hydrogen (secondary N) is 1. The Morgan fingerprint density at radius 3 is 2.41 bits per heavy atom. The van der Waals surface area contributed by atoms with Crippen LogP contribution in [0, 0.1) is 25.6 Å². The molecule has 4 nitrogen and oxygen atoms in total. The highest BCUT2D eigenvalue weighted by molar-refractivity contribution is 5.93. The van der Waals surface area contributed by atoms with Crippen LogP contribution in [0.5, 0.6) is 0 Å². The van der Waals surface area contributed by atoms with Gasteiger partial charge in [-0.1, -0.05) is 24.3 Å². The number of hydrogen-bond acceptors (Lipinski definition) is 2. The first-order valence-corrected chi connectivity index (χ1v) is 9.32. The van der Waals surface area contributed by atoms with Crippen LogP contribution >= 0.6 is 0 Å². The van der Waals surface area contributed by atoms with Gasteiger partial charge >= 0.3 is 0 Å². The quantitative estimate of drug-likeness (QED) is 0.891. The predicted octanol–water partition coefficient (Wildman–Crippen LogP) is 3.86. The highest BCUT2D eigenvalue weighted by atomic mass is 19.1. The number of amides is 2. The molecule has 1 N–H and O–H groups in total. The molecule has 2 aromatic rings. The Kier molecular flexibility index (Phi) is 5.89. The Bertz CT molecular complexity index is 825. The van der Waals surface area contributed by atoms with Gasteiger partial charge in [-0.05, 0) is 61.6 Å². The summed E-state index contributed by atoms with van der Waals surface area (Å²) in [6.45, 7) is 5.13. The Morgan fingerprint density at radius 2 is 1.74 bits per heavy atom. The third-order valence-electron chi connectivity index (χ3n) is 5.14. The molecule has 0 spiro atoms. The van der Waals surface area contributed by atoms with E-state index >= 15 is 0 Å². The number of benzene rings is 2. The number of nitrogens with zero attached hydrogens (tertiary/aromatic N) is 1. The number of anilines is 1. The maximum atomic E-state index is 13.0. The summed E-state index contributed by atoms with van der Waals surface area (Å²) < 4.78 is 13.0. The molecular formula is C22H25FN2O2. The molecule has 0 saturated carbocycles.